The van der Waals surface area contributed by atoms with Gasteiger partial charge < -0.3 is 19.6 Å². The molecule has 1 N–H and O–H groups in total. The van der Waals surface area contributed by atoms with Crippen molar-refractivity contribution in [3.63, 3.8) is 0 Å². The van der Waals surface area contributed by atoms with Gasteiger partial charge in [-0.3, -0.25) is 4.79 Å². The summed E-state index contributed by atoms with van der Waals surface area (Å²) in [6.07, 6.45) is 1.49. The molecule has 1 amide bonds. The lowest BCUT2D eigenvalue weighted by Gasteiger charge is -2.35. The maximum absolute atomic E-state index is 13.6. The van der Waals surface area contributed by atoms with Gasteiger partial charge in [0, 0.05) is 31.7 Å². The number of carbonyl (C=O) groups excluding carboxylic acids is 2. The highest BCUT2D eigenvalue weighted by molar-refractivity contribution is 5.96. The topological polar surface area (TPSA) is 95.9 Å². The lowest BCUT2D eigenvalue weighted by Crippen LogP contribution is -2.49. The molecule has 1 fully saturated rings. The van der Waals surface area contributed by atoms with E-state index < -0.39 is 5.97 Å². The summed E-state index contributed by atoms with van der Waals surface area (Å²) >= 11 is 0. The predicted molar refractivity (Wildman–Crippen MR) is 143 cm³/mol. The number of carbonyl (C=O) groups is 2. The minimum Gasteiger partial charge on any atom is -0.508 e. The Labute approximate surface area is 217 Å². The van der Waals surface area contributed by atoms with Crippen LogP contribution in [0.25, 0.3) is 11.1 Å². The van der Waals surface area contributed by atoms with E-state index in [1.54, 1.807) is 30.3 Å². The number of amides is 1. The molecule has 0 radical (unpaired) electrons. The largest absolute Gasteiger partial charge is 0.508 e. The van der Waals surface area contributed by atoms with Crippen LogP contribution in [0, 0.1) is 0 Å². The number of benzene rings is 2. The predicted octanol–water partition coefficient (Wildman–Crippen LogP) is 4.45. The fourth-order valence-corrected chi connectivity index (χ4v) is 4.17. The maximum Gasteiger partial charge on any atom is 0.359 e. The zero-order chi connectivity index (χ0) is 26.6. The molecule has 192 valence electrons. The molecule has 3 aromatic rings. The van der Waals surface area contributed by atoms with E-state index in [1.165, 1.54) is 6.08 Å². The first-order chi connectivity index (χ1) is 17.7. The van der Waals surface area contributed by atoms with Crippen molar-refractivity contribution in [1.82, 2.24) is 15.1 Å². The zero-order valence-electron chi connectivity index (χ0n) is 21.5. The molecule has 0 saturated carbocycles. The number of anilines is 1. The highest BCUT2D eigenvalue weighted by Gasteiger charge is 2.25. The van der Waals surface area contributed by atoms with Crippen LogP contribution in [0.1, 0.15) is 47.2 Å². The number of rotatable bonds is 6. The van der Waals surface area contributed by atoms with Crippen molar-refractivity contribution in [2.45, 2.75) is 26.2 Å². The Balaban J connectivity index is 1.48. The second-order valence-electron chi connectivity index (χ2n) is 10.0. The van der Waals surface area contributed by atoms with Crippen LogP contribution < -0.4 is 4.90 Å². The smallest absolute Gasteiger partial charge is 0.359 e. The number of phenolic OH excluding ortho intramolecular Hbond substituents is 1. The van der Waals surface area contributed by atoms with Crippen molar-refractivity contribution in [1.29, 1.82) is 0 Å². The summed E-state index contributed by atoms with van der Waals surface area (Å²) in [6.45, 7) is 12.2. The fourth-order valence-electron chi connectivity index (χ4n) is 4.17. The monoisotopic (exact) mass is 500 g/mol. The highest BCUT2D eigenvalue weighted by atomic mass is 16.5. The molecular weight excluding hydrogens is 468 g/mol. The first-order valence-corrected chi connectivity index (χ1v) is 12.3. The van der Waals surface area contributed by atoms with Crippen LogP contribution in [0.5, 0.6) is 5.75 Å². The van der Waals surface area contributed by atoms with Gasteiger partial charge in [0.25, 0.3) is 5.91 Å². The van der Waals surface area contributed by atoms with Gasteiger partial charge in [-0.1, -0.05) is 51.6 Å². The van der Waals surface area contributed by atoms with Crippen LogP contribution in [-0.4, -0.2) is 64.9 Å². The van der Waals surface area contributed by atoms with Gasteiger partial charge in [0.05, 0.1) is 0 Å². The molecule has 1 aromatic heterocycles. The van der Waals surface area contributed by atoms with Crippen LogP contribution in [0.4, 0.5) is 5.82 Å². The van der Waals surface area contributed by atoms with Crippen molar-refractivity contribution >= 4 is 17.7 Å². The Morgan fingerprint density at radius 3 is 2.38 bits per heavy atom. The van der Waals surface area contributed by atoms with E-state index in [2.05, 4.69) is 43.6 Å². The molecule has 0 spiro atoms. The number of piperazine rings is 1. The van der Waals surface area contributed by atoms with Crippen LogP contribution in [0.3, 0.4) is 0 Å². The molecule has 0 atom stereocenters. The second-order valence-corrected chi connectivity index (χ2v) is 10.0. The summed E-state index contributed by atoms with van der Waals surface area (Å²) in [7, 11) is 0. The van der Waals surface area contributed by atoms with Crippen molar-refractivity contribution in [3.05, 3.63) is 84.1 Å². The molecule has 4 rings (SSSR count). The van der Waals surface area contributed by atoms with Gasteiger partial charge in [-0.15, -0.1) is 10.2 Å². The minimum atomic E-state index is -0.545. The first kappa shape index (κ1) is 25.9. The molecule has 2 heterocycles. The lowest BCUT2D eigenvalue weighted by atomic mass is 9.84. The van der Waals surface area contributed by atoms with Gasteiger partial charge in [0.1, 0.15) is 12.4 Å². The third-order valence-corrected chi connectivity index (χ3v) is 6.31. The van der Waals surface area contributed by atoms with Gasteiger partial charge in [-0.25, -0.2) is 4.79 Å². The number of aromatic hydroxyl groups is 1. The van der Waals surface area contributed by atoms with E-state index in [-0.39, 0.29) is 29.4 Å². The quantitative estimate of drug-likeness (QED) is 0.395. The summed E-state index contributed by atoms with van der Waals surface area (Å²) in [6, 6.07) is 16.4. The number of hydrogen-bond donors (Lipinski definition) is 1. The number of nitrogens with zero attached hydrogens (tertiary/aromatic N) is 4. The summed E-state index contributed by atoms with van der Waals surface area (Å²) in [5, 5.41) is 18.1. The number of aromatic nitrogens is 2. The Morgan fingerprint density at radius 2 is 1.76 bits per heavy atom. The minimum absolute atomic E-state index is 0.0291. The zero-order valence-corrected chi connectivity index (χ0v) is 21.5. The van der Waals surface area contributed by atoms with E-state index in [1.807, 2.05) is 28.0 Å². The highest BCUT2D eigenvalue weighted by Crippen LogP contribution is 2.31. The van der Waals surface area contributed by atoms with Gasteiger partial charge in [0.2, 0.25) is 0 Å². The fraction of sp³-hybridized carbons (Fsp3) is 0.310. The number of esters is 1. The van der Waals surface area contributed by atoms with E-state index in [0.717, 1.165) is 16.7 Å². The number of ether oxygens (including phenoxy) is 1. The summed E-state index contributed by atoms with van der Waals surface area (Å²) in [5.41, 5.74) is 3.43. The Bertz CT molecular complexity index is 1290. The standard InChI is InChI=1S/C29H32N4O4/c1-5-15-37-28(36)25-9-10-26(31-30-25)32-11-13-33(14-12-32)27(35)22-16-21(17-23(18-22)29(2,3)4)20-7-6-8-24(34)19-20/h5-10,16-19,34H,1,11-15H2,2-4H3. The summed E-state index contributed by atoms with van der Waals surface area (Å²) in [4.78, 5) is 29.4. The molecule has 2 aromatic carbocycles. The Hall–Kier alpha value is -4.20. The van der Waals surface area contributed by atoms with Gasteiger partial charge in [-0.2, -0.15) is 0 Å². The van der Waals surface area contributed by atoms with Gasteiger partial charge in [-0.05, 0) is 58.5 Å². The van der Waals surface area contributed by atoms with Crippen LogP contribution >= 0.6 is 0 Å². The normalized spacial score (nSPS) is 13.8. The average Bonchev–Trinajstić information content (AvgIpc) is 2.90. The van der Waals surface area contributed by atoms with E-state index >= 15 is 0 Å². The summed E-state index contributed by atoms with van der Waals surface area (Å²) in [5.74, 6) is 0.260. The molecule has 1 saturated heterocycles. The van der Waals surface area contributed by atoms with E-state index in [9.17, 15) is 14.7 Å². The summed E-state index contributed by atoms with van der Waals surface area (Å²) < 4.78 is 4.99. The number of phenols is 1. The molecule has 0 aliphatic carbocycles. The van der Waals surface area contributed by atoms with Crippen LogP contribution in [0.15, 0.2) is 67.3 Å². The molecule has 8 nitrogen and oxygen atoms in total. The Morgan fingerprint density at radius 1 is 1.00 bits per heavy atom. The molecule has 8 heteroatoms. The van der Waals surface area contributed by atoms with Crippen molar-refractivity contribution in [3.8, 4) is 16.9 Å². The SMILES string of the molecule is C=CCOC(=O)c1ccc(N2CCN(C(=O)c3cc(-c4cccc(O)c4)cc(C(C)(C)C)c3)CC2)nn1. The molecule has 1 aliphatic heterocycles. The first-order valence-electron chi connectivity index (χ1n) is 12.3. The second kappa shape index (κ2) is 10.8. The molecule has 37 heavy (non-hydrogen) atoms. The van der Waals surface area contributed by atoms with E-state index in [0.29, 0.717) is 37.6 Å². The van der Waals surface area contributed by atoms with Crippen molar-refractivity contribution in [2.75, 3.05) is 37.7 Å². The third kappa shape index (κ3) is 6.14. The molecule has 1 aliphatic rings. The molecule has 0 unspecified atom stereocenters. The van der Waals surface area contributed by atoms with Crippen LogP contribution in [-0.2, 0) is 10.2 Å². The van der Waals surface area contributed by atoms with Crippen LogP contribution in [0.2, 0.25) is 0 Å². The third-order valence-electron chi connectivity index (χ3n) is 6.31. The van der Waals surface area contributed by atoms with E-state index in [4.69, 9.17) is 4.74 Å². The van der Waals surface area contributed by atoms with Gasteiger partial charge >= 0.3 is 5.97 Å². The molecule has 0 bridgehead atoms. The number of hydrogen-bond acceptors (Lipinski definition) is 7. The Kier molecular flexibility index (Phi) is 7.57. The van der Waals surface area contributed by atoms with Gasteiger partial charge in [0.15, 0.2) is 11.5 Å². The average molecular weight is 501 g/mol. The maximum atomic E-state index is 13.6. The van der Waals surface area contributed by atoms with Crippen molar-refractivity contribution < 1.29 is 19.4 Å². The van der Waals surface area contributed by atoms with Crippen molar-refractivity contribution in [2.24, 2.45) is 0 Å². The lowest BCUT2D eigenvalue weighted by molar-refractivity contribution is 0.0541. The molecular formula is C29H32N4O4.